The minimum atomic E-state index is -0.612. The van der Waals surface area contributed by atoms with E-state index >= 15 is 0 Å². The second-order valence-corrected chi connectivity index (χ2v) is 6.52. The largest absolute Gasteiger partial charge is 0.468 e. The number of methoxy groups -OCH3 is 1. The summed E-state index contributed by atoms with van der Waals surface area (Å²) in [6, 6.07) is -0.324. The molecule has 4 nitrogen and oxygen atoms in total. The first-order valence-electron chi connectivity index (χ1n) is 7.52. The van der Waals surface area contributed by atoms with E-state index < -0.39 is 5.60 Å². The van der Waals surface area contributed by atoms with Crippen molar-refractivity contribution >= 4 is 5.97 Å². The van der Waals surface area contributed by atoms with Crippen LogP contribution < -0.4 is 5.32 Å². The van der Waals surface area contributed by atoms with Crippen LogP contribution in [0.25, 0.3) is 0 Å². The Morgan fingerprint density at radius 1 is 1.32 bits per heavy atom. The van der Waals surface area contributed by atoms with Crippen molar-refractivity contribution < 1.29 is 14.6 Å². The van der Waals surface area contributed by atoms with Crippen LogP contribution in [0.1, 0.15) is 46.0 Å². The first-order valence-corrected chi connectivity index (χ1v) is 7.52. The third-order valence-corrected chi connectivity index (χ3v) is 5.11. The molecule has 4 atom stereocenters. The Morgan fingerprint density at radius 2 is 1.89 bits per heavy atom. The van der Waals surface area contributed by atoms with Crippen LogP contribution in [-0.2, 0) is 9.53 Å². The number of ether oxygens (including phenoxy) is 1. The lowest BCUT2D eigenvalue weighted by molar-refractivity contribution is -0.145. The fourth-order valence-corrected chi connectivity index (χ4v) is 3.92. The third-order valence-electron chi connectivity index (χ3n) is 5.11. The molecule has 2 fully saturated rings. The molecule has 2 N–H and O–H groups in total. The molecule has 2 aliphatic carbocycles. The highest BCUT2D eigenvalue weighted by Crippen LogP contribution is 2.49. The summed E-state index contributed by atoms with van der Waals surface area (Å²) >= 11 is 0. The molecule has 0 spiro atoms. The van der Waals surface area contributed by atoms with Crippen LogP contribution in [0.15, 0.2) is 0 Å². The van der Waals surface area contributed by atoms with Crippen LogP contribution in [-0.4, -0.2) is 36.4 Å². The van der Waals surface area contributed by atoms with Gasteiger partial charge in [0.25, 0.3) is 0 Å². The third kappa shape index (κ3) is 2.79. The standard InChI is InChI=1S/C15H27NO3/c1-10(2)13(14(17)19-3)16-9-15(18)11-5-4-6-12(15)8-7-11/h10-13,16,18H,4-9H2,1-3H3/t11-,12?,13+,15?/m1/s1. The minimum Gasteiger partial charge on any atom is -0.468 e. The predicted octanol–water partition coefficient (Wildman–Crippen LogP) is 1.71. The van der Waals surface area contributed by atoms with Gasteiger partial charge in [-0.2, -0.15) is 0 Å². The van der Waals surface area contributed by atoms with Crippen LogP contribution in [0, 0.1) is 17.8 Å². The van der Waals surface area contributed by atoms with Crippen molar-refractivity contribution in [1.82, 2.24) is 5.32 Å². The Kier molecular flexibility index (Phi) is 4.51. The monoisotopic (exact) mass is 269 g/mol. The van der Waals surface area contributed by atoms with E-state index in [4.69, 9.17) is 4.74 Å². The van der Waals surface area contributed by atoms with Crippen LogP contribution in [0.3, 0.4) is 0 Å². The second-order valence-electron chi connectivity index (χ2n) is 6.52. The normalized spacial score (nSPS) is 35.4. The maximum atomic E-state index is 11.7. The molecule has 0 aliphatic heterocycles. The fourth-order valence-electron chi connectivity index (χ4n) is 3.92. The number of hydrogen-bond acceptors (Lipinski definition) is 4. The van der Waals surface area contributed by atoms with Gasteiger partial charge in [0.15, 0.2) is 0 Å². The summed E-state index contributed by atoms with van der Waals surface area (Å²) in [5.41, 5.74) is -0.612. The number of aliphatic hydroxyl groups is 1. The molecule has 19 heavy (non-hydrogen) atoms. The summed E-state index contributed by atoms with van der Waals surface area (Å²) in [5.74, 6) is 0.743. The number of nitrogens with one attached hydrogen (secondary N) is 1. The number of rotatable bonds is 5. The van der Waals surface area contributed by atoms with E-state index in [1.165, 1.54) is 13.5 Å². The van der Waals surface area contributed by atoms with E-state index in [9.17, 15) is 9.90 Å². The van der Waals surface area contributed by atoms with Gasteiger partial charge in [-0.3, -0.25) is 4.79 Å². The molecule has 2 aliphatic rings. The van der Waals surface area contributed by atoms with E-state index in [2.05, 4.69) is 5.32 Å². The van der Waals surface area contributed by atoms with Crippen molar-refractivity contribution in [1.29, 1.82) is 0 Å². The van der Waals surface area contributed by atoms with Gasteiger partial charge >= 0.3 is 5.97 Å². The van der Waals surface area contributed by atoms with Crippen molar-refractivity contribution in [2.24, 2.45) is 17.8 Å². The maximum Gasteiger partial charge on any atom is 0.323 e. The van der Waals surface area contributed by atoms with Gasteiger partial charge in [0.2, 0.25) is 0 Å². The topological polar surface area (TPSA) is 58.6 Å². The van der Waals surface area contributed by atoms with Crippen LogP contribution in [0.5, 0.6) is 0 Å². The zero-order chi connectivity index (χ0) is 14.0. The second kappa shape index (κ2) is 5.80. The number of esters is 1. The van der Waals surface area contributed by atoms with Crippen molar-refractivity contribution in [3.63, 3.8) is 0 Å². The molecule has 0 heterocycles. The number of fused-ring (bicyclic) bond motifs is 2. The summed E-state index contributed by atoms with van der Waals surface area (Å²) in [6.07, 6.45) is 5.75. The highest BCUT2D eigenvalue weighted by Gasteiger charge is 2.50. The van der Waals surface area contributed by atoms with Gasteiger partial charge < -0.3 is 15.2 Å². The number of carbonyl (C=O) groups excluding carboxylic acids is 1. The van der Waals surface area contributed by atoms with Crippen molar-refractivity contribution in [3.05, 3.63) is 0 Å². The SMILES string of the molecule is COC(=O)[C@@H](NCC1(O)C2CCC[C@@H]1CC2)C(C)C. The van der Waals surface area contributed by atoms with Gasteiger partial charge in [-0.25, -0.2) is 0 Å². The van der Waals surface area contributed by atoms with Gasteiger partial charge in [0.1, 0.15) is 6.04 Å². The smallest absolute Gasteiger partial charge is 0.323 e. The van der Waals surface area contributed by atoms with Gasteiger partial charge in [-0.05, 0) is 43.4 Å². The number of carbonyl (C=O) groups is 1. The van der Waals surface area contributed by atoms with Gasteiger partial charge in [0, 0.05) is 6.54 Å². The average Bonchev–Trinajstić information content (AvgIpc) is 2.59. The Balaban J connectivity index is 1.98. The Morgan fingerprint density at radius 3 is 2.37 bits per heavy atom. The molecule has 0 radical (unpaired) electrons. The molecule has 0 aromatic heterocycles. The van der Waals surface area contributed by atoms with Crippen molar-refractivity contribution in [3.8, 4) is 0 Å². The van der Waals surface area contributed by atoms with Gasteiger partial charge in [0.05, 0.1) is 12.7 Å². The minimum absolute atomic E-state index is 0.164. The maximum absolute atomic E-state index is 11.7. The molecule has 0 aromatic carbocycles. The molecule has 2 bridgehead atoms. The summed E-state index contributed by atoms with van der Waals surface area (Å²) in [5, 5.41) is 14.2. The molecule has 2 rings (SSSR count). The van der Waals surface area contributed by atoms with E-state index in [-0.39, 0.29) is 17.9 Å². The predicted molar refractivity (Wildman–Crippen MR) is 73.7 cm³/mol. The lowest BCUT2D eigenvalue weighted by Gasteiger charge is -2.40. The van der Waals surface area contributed by atoms with Crippen molar-refractivity contribution in [2.75, 3.05) is 13.7 Å². The summed E-state index contributed by atoms with van der Waals surface area (Å²) in [6.45, 7) is 4.50. The zero-order valence-corrected chi connectivity index (χ0v) is 12.3. The molecule has 0 amide bonds. The van der Waals surface area contributed by atoms with Crippen LogP contribution >= 0.6 is 0 Å². The molecular formula is C15H27NO3. The fraction of sp³-hybridized carbons (Fsp3) is 0.933. The van der Waals surface area contributed by atoms with E-state index in [1.54, 1.807) is 0 Å². The molecule has 2 saturated carbocycles. The van der Waals surface area contributed by atoms with Crippen molar-refractivity contribution in [2.45, 2.75) is 57.6 Å². The Hall–Kier alpha value is -0.610. The van der Waals surface area contributed by atoms with Gasteiger partial charge in [-0.1, -0.05) is 20.3 Å². The Bertz CT molecular complexity index is 313. The highest BCUT2D eigenvalue weighted by atomic mass is 16.5. The number of hydrogen-bond donors (Lipinski definition) is 2. The first-order chi connectivity index (χ1) is 8.99. The molecular weight excluding hydrogens is 242 g/mol. The quantitative estimate of drug-likeness (QED) is 0.746. The summed E-state index contributed by atoms with van der Waals surface area (Å²) in [4.78, 5) is 11.7. The summed E-state index contributed by atoms with van der Waals surface area (Å²) in [7, 11) is 1.42. The molecule has 4 heteroatoms. The lowest BCUT2D eigenvalue weighted by atomic mass is 9.74. The van der Waals surface area contributed by atoms with E-state index in [1.807, 2.05) is 13.8 Å². The Labute approximate surface area is 115 Å². The van der Waals surface area contributed by atoms with Crippen LogP contribution in [0.4, 0.5) is 0 Å². The van der Waals surface area contributed by atoms with Gasteiger partial charge in [-0.15, -0.1) is 0 Å². The van der Waals surface area contributed by atoms with E-state index in [0.717, 1.165) is 25.7 Å². The highest BCUT2D eigenvalue weighted by molar-refractivity contribution is 5.75. The average molecular weight is 269 g/mol. The van der Waals surface area contributed by atoms with Crippen LogP contribution in [0.2, 0.25) is 0 Å². The molecule has 0 aromatic rings. The lowest BCUT2D eigenvalue weighted by Crippen LogP contribution is -2.55. The zero-order valence-electron chi connectivity index (χ0n) is 12.3. The first kappa shape index (κ1) is 14.8. The summed E-state index contributed by atoms with van der Waals surface area (Å²) < 4.78 is 4.83. The molecule has 2 unspecified atom stereocenters. The van der Waals surface area contributed by atoms with E-state index in [0.29, 0.717) is 18.4 Å². The molecule has 110 valence electrons. The molecule has 0 saturated heterocycles.